The van der Waals surface area contributed by atoms with Crippen molar-refractivity contribution in [3.05, 3.63) is 115 Å². The molecule has 0 spiro atoms. The van der Waals surface area contributed by atoms with Gasteiger partial charge in [0.2, 0.25) is 10.0 Å². The molecule has 0 heterocycles. The summed E-state index contributed by atoms with van der Waals surface area (Å²) in [6.45, 7) is 10.4. The molecule has 4 aromatic carbocycles. The van der Waals surface area contributed by atoms with E-state index >= 15 is 0 Å². The molecule has 0 aliphatic heterocycles. The third-order valence-corrected chi connectivity index (χ3v) is 5.78. The molecule has 0 aliphatic carbocycles. The van der Waals surface area contributed by atoms with Gasteiger partial charge < -0.3 is 0 Å². The number of nitrogens with zero attached hydrogens (tertiary/aromatic N) is 1. The molecular formula is C27H26N2O2S. The van der Waals surface area contributed by atoms with Crippen molar-refractivity contribution >= 4 is 31.6 Å². The van der Waals surface area contributed by atoms with Gasteiger partial charge in [0.05, 0.1) is 16.5 Å². The second kappa shape index (κ2) is 11.1. The minimum Gasteiger partial charge on any atom is -0.225 e. The van der Waals surface area contributed by atoms with Crippen molar-refractivity contribution in [2.75, 3.05) is 0 Å². The van der Waals surface area contributed by atoms with Crippen molar-refractivity contribution in [2.45, 2.75) is 18.7 Å². The fourth-order valence-corrected chi connectivity index (χ4v) is 3.91. The summed E-state index contributed by atoms with van der Waals surface area (Å²) in [7, 11) is -3.62. The highest BCUT2D eigenvalue weighted by Crippen LogP contribution is 2.22. The van der Waals surface area contributed by atoms with Crippen LogP contribution in [0.1, 0.15) is 16.7 Å². The average Bonchev–Trinajstić information content (AvgIpc) is 2.78. The molecule has 2 N–H and O–H groups in total. The standard InChI is InChI=1S/C12H9N.C11H11NO2S.C4H6/c1-9-6-10-4-2-3-5-11(10)7-12(9)8-13;1-8-6-9-4-2-3-5-10(9)7-11(8)15(12,13)14;1-3-4-2/h2-7H,1H3;2-7H,1H3,(H2,12,13,14);3-4H,1-2H2. The Kier molecular flexibility index (Phi) is 8.48. The Morgan fingerprint density at radius 2 is 1.19 bits per heavy atom. The molecule has 162 valence electrons. The zero-order chi connectivity index (χ0) is 23.7. The maximum Gasteiger partial charge on any atom is 0.238 e. The van der Waals surface area contributed by atoms with Crippen molar-refractivity contribution in [1.29, 1.82) is 5.26 Å². The lowest BCUT2D eigenvalue weighted by atomic mass is 10.0. The van der Waals surface area contributed by atoms with Gasteiger partial charge in [-0.25, -0.2) is 13.6 Å². The molecule has 0 atom stereocenters. The van der Waals surface area contributed by atoms with Crippen LogP contribution in [0.3, 0.4) is 0 Å². The van der Waals surface area contributed by atoms with Gasteiger partial charge in [-0.15, -0.1) is 0 Å². The number of benzene rings is 4. The van der Waals surface area contributed by atoms with Crippen molar-refractivity contribution in [3.63, 3.8) is 0 Å². The van der Waals surface area contributed by atoms with Crippen molar-refractivity contribution in [1.82, 2.24) is 0 Å². The van der Waals surface area contributed by atoms with Crippen LogP contribution in [0.25, 0.3) is 21.5 Å². The van der Waals surface area contributed by atoms with Crippen LogP contribution in [0.2, 0.25) is 0 Å². The Hall–Kier alpha value is -3.72. The fourth-order valence-electron chi connectivity index (χ4n) is 3.11. The molecule has 4 nitrogen and oxygen atoms in total. The first kappa shape index (κ1) is 24.5. The van der Waals surface area contributed by atoms with Crippen LogP contribution in [0.5, 0.6) is 0 Å². The van der Waals surface area contributed by atoms with Gasteiger partial charge in [0.25, 0.3) is 0 Å². The zero-order valence-corrected chi connectivity index (χ0v) is 19.1. The van der Waals surface area contributed by atoms with Crippen LogP contribution < -0.4 is 5.14 Å². The quantitative estimate of drug-likeness (QED) is 0.377. The Morgan fingerprint density at radius 1 is 0.781 bits per heavy atom. The second-order valence-electron chi connectivity index (χ2n) is 7.11. The van der Waals surface area contributed by atoms with Crippen LogP contribution in [0.4, 0.5) is 0 Å². The van der Waals surface area contributed by atoms with Gasteiger partial charge in [-0.2, -0.15) is 5.26 Å². The van der Waals surface area contributed by atoms with E-state index in [0.29, 0.717) is 5.56 Å². The highest BCUT2D eigenvalue weighted by molar-refractivity contribution is 7.89. The summed E-state index contributed by atoms with van der Waals surface area (Å²) < 4.78 is 22.6. The Balaban J connectivity index is 0.000000196. The number of nitrogens with two attached hydrogens (primary N) is 1. The fraction of sp³-hybridized carbons (Fsp3) is 0.0741. The SMILES string of the molecule is C=CC=C.Cc1cc2ccccc2cc1C#N.Cc1cc2ccccc2cc1S(N)(=O)=O. The maximum absolute atomic E-state index is 11.3. The molecule has 0 amide bonds. The number of rotatable bonds is 2. The van der Waals surface area contributed by atoms with Gasteiger partial charge in [0, 0.05) is 0 Å². The van der Waals surface area contributed by atoms with E-state index in [1.807, 2.05) is 67.6 Å². The number of nitriles is 1. The van der Waals surface area contributed by atoms with Crippen LogP contribution in [0, 0.1) is 25.2 Å². The highest BCUT2D eigenvalue weighted by Gasteiger charge is 2.11. The lowest BCUT2D eigenvalue weighted by Gasteiger charge is -2.05. The number of aryl methyl sites for hydroxylation is 2. The third kappa shape index (κ3) is 6.39. The first-order valence-electron chi connectivity index (χ1n) is 9.86. The number of hydrogen-bond acceptors (Lipinski definition) is 3. The molecular weight excluding hydrogens is 416 g/mol. The molecule has 5 heteroatoms. The highest BCUT2D eigenvalue weighted by atomic mass is 32.2. The number of primary sulfonamides is 1. The van der Waals surface area contributed by atoms with E-state index in [1.54, 1.807) is 25.1 Å². The normalized spacial score (nSPS) is 10.2. The van der Waals surface area contributed by atoms with Crippen molar-refractivity contribution < 1.29 is 8.42 Å². The summed E-state index contributed by atoms with van der Waals surface area (Å²) in [5.74, 6) is 0. The maximum atomic E-state index is 11.3. The van der Waals surface area contributed by atoms with Gasteiger partial charge >= 0.3 is 0 Å². The molecule has 0 fully saturated rings. The molecule has 0 aromatic heterocycles. The Morgan fingerprint density at radius 3 is 1.59 bits per heavy atom. The summed E-state index contributed by atoms with van der Waals surface area (Å²) in [5.41, 5.74) is 2.48. The van der Waals surface area contributed by atoms with E-state index in [9.17, 15) is 8.42 Å². The van der Waals surface area contributed by atoms with E-state index in [1.165, 1.54) is 5.39 Å². The third-order valence-electron chi connectivity index (χ3n) is 4.73. The summed E-state index contributed by atoms with van der Waals surface area (Å²) in [6, 6.07) is 25.3. The molecule has 0 saturated heterocycles. The topological polar surface area (TPSA) is 83.9 Å². The summed E-state index contributed by atoms with van der Waals surface area (Å²) in [4.78, 5) is 0.196. The van der Waals surface area contributed by atoms with Crippen molar-refractivity contribution in [2.24, 2.45) is 5.14 Å². The average molecular weight is 443 g/mol. The van der Waals surface area contributed by atoms with E-state index < -0.39 is 10.0 Å². The number of allylic oxidation sites excluding steroid dienone is 2. The number of hydrogen-bond donors (Lipinski definition) is 1. The smallest absolute Gasteiger partial charge is 0.225 e. The van der Waals surface area contributed by atoms with Gasteiger partial charge in [0.15, 0.2) is 0 Å². The van der Waals surface area contributed by atoms with E-state index in [-0.39, 0.29) is 4.90 Å². The summed E-state index contributed by atoms with van der Waals surface area (Å²) in [6.07, 6.45) is 3.28. The number of sulfonamides is 1. The molecule has 0 saturated carbocycles. The molecule has 32 heavy (non-hydrogen) atoms. The van der Waals surface area contributed by atoms with Crippen LogP contribution in [-0.2, 0) is 10.0 Å². The van der Waals surface area contributed by atoms with Gasteiger partial charge in [-0.05, 0) is 58.7 Å². The largest absolute Gasteiger partial charge is 0.238 e. The second-order valence-corrected chi connectivity index (χ2v) is 8.64. The Bertz CT molecular complexity index is 1410. The van der Waals surface area contributed by atoms with E-state index in [2.05, 4.69) is 25.3 Å². The minimum atomic E-state index is -3.62. The lowest BCUT2D eigenvalue weighted by Crippen LogP contribution is -2.13. The monoisotopic (exact) mass is 442 g/mol. The van der Waals surface area contributed by atoms with Gasteiger partial charge in [-0.1, -0.05) is 86.0 Å². The lowest BCUT2D eigenvalue weighted by molar-refractivity contribution is 0.597. The molecule has 0 unspecified atom stereocenters. The summed E-state index contributed by atoms with van der Waals surface area (Å²) >= 11 is 0. The van der Waals surface area contributed by atoms with Gasteiger partial charge in [-0.3, -0.25) is 0 Å². The summed E-state index contributed by atoms with van der Waals surface area (Å²) in [5, 5.41) is 18.2. The predicted molar refractivity (Wildman–Crippen MR) is 134 cm³/mol. The first-order chi connectivity index (χ1) is 15.2. The van der Waals surface area contributed by atoms with Gasteiger partial charge in [0.1, 0.15) is 0 Å². The molecule has 0 aliphatic rings. The van der Waals surface area contributed by atoms with Crippen LogP contribution in [-0.4, -0.2) is 8.42 Å². The molecule has 0 radical (unpaired) electrons. The van der Waals surface area contributed by atoms with E-state index in [4.69, 9.17) is 10.4 Å². The minimum absolute atomic E-state index is 0.196. The van der Waals surface area contributed by atoms with Crippen LogP contribution in [0.15, 0.2) is 103 Å². The molecule has 0 bridgehead atoms. The zero-order valence-electron chi connectivity index (χ0n) is 18.2. The molecule has 4 rings (SSSR count). The number of fused-ring (bicyclic) bond motifs is 2. The Labute approximate surface area is 190 Å². The van der Waals surface area contributed by atoms with Crippen molar-refractivity contribution in [3.8, 4) is 6.07 Å². The van der Waals surface area contributed by atoms with Crippen LogP contribution >= 0.6 is 0 Å². The van der Waals surface area contributed by atoms with E-state index in [0.717, 1.165) is 27.3 Å². The predicted octanol–water partition coefficient (Wildman–Crippen LogP) is 6.17. The molecule has 4 aromatic rings. The first-order valence-corrected chi connectivity index (χ1v) is 11.4.